The molecule has 0 saturated heterocycles. The van der Waals surface area contributed by atoms with Crippen molar-refractivity contribution in [1.29, 1.82) is 0 Å². The van der Waals surface area contributed by atoms with Crippen LogP contribution in [0.2, 0.25) is 0 Å². The van der Waals surface area contributed by atoms with Gasteiger partial charge in [-0.15, -0.1) is 0 Å². The molecule has 0 aliphatic carbocycles. The maximum absolute atomic E-state index is 12.7. The molecule has 1 heterocycles. The van der Waals surface area contributed by atoms with E-state index in [4.69, 9.17) is 4.74 Å². The lowest BCUT2D eigenvalue weighted by Gasteiger charge is -2.26. The van der Waals surface area contributed by atoms with Gasteiger partial charge in [0.15, 0.2) is 0 Å². The summed E-state index contributed by atoms with van der Waals surface area (Å²) in [7, 11) is -4.01. The van der Waals surface area contributed by atoms with Crippen LogP contribution in [0.5, 0.6) is 0 Å². The zero-order valence-corrected chi connectivity index (χ0v) is 21.0. The Morgan fingerprint density at radius 2 is 1.66 bits per heavy atom. The van der Waals surface area contributed by atoms with E-state index in [2.05, 4.69) is 27.3 Å². The van der Waals surface area contributed by atoms with Gasteiger partial charge in [0.05, 0.1) is 7.05 Å². The Labute approximate surface area is 204 Å². The number of carbonyl (C=O) groups is 2. The Balaban J connectivity index is 0.00000111. The minimum atomic E-state index is -6.00. The van der Waals surface area contributed by atoms with Gasteiger partial charge in [-0.25, -0.2) is 13.9 Å². The first-order valence-corrected chi connectivity index (χ1v) is 11.3. The summed E-state index contributed by atoms with van der Waals surface area (Å²) >= 11 is 0. The summed E-state index contributed by atoms with van der Waals surface area (Å²) in [5, 5.41) is 5.66. The molecule has 0 unspecified atom stereocenters. The lowest BCUT2D eigenvalue weighted by molar-refractivity contribution is -0.671. The SMILES string of the molecule is CC[C@H](C)[C@H](NC(=O)OC(C)(C)C)C(=O)NCc1ccc(Cn2cc[n+](C)c2)cc1.F[B-](F)(F)F. The number of halogens is 4. The predicted molar refractivity (Wildman–Crippen MR) is 126 cm³/mol. The Hall–Kier alpha value is -3.05. The molecule has 12 heteroatoms. The van der Waals surface area contributed by atoms with E-state index in [1.807, 2.05) is 56.3 Å². The first kappa shape index (κ1) is 30.0. The van der Waals surface area contributed by atoms with Gasteiger partial charge in [0.25, 0.3) is 0 Å². The molecule has 0 saturated carbocycles. The zero-order valence-electron chi connectivity index (χ0n) is 21.0. The molecule has 196 valence electrons. The van der Waals surface area contributed by atoms with Crippen molar-refractivity contribution in [3.63, 3.8) is 0 Å². The third kappa shape index (κ3) is 13.4. The number of hydrogen-bond donors (Lipinski definition) is 2. The van der Waals surface area contributed by atoms with Crippen molar-refractivity contribution in [1.82, 2.24) is 15.2 Å². The van der Waals surface area contributed by atoms with Gasteiger partial charge < -0.3 is 32.6 Å². The van der Waals surface area contributed by atoms with E-state index in [-0.39, 0.29) is 11.8 Å². The third-order valence-electron chi connectivity index (χ3n) is 4.85. The Bertz CT molecular complexity index is 937. The number of aryl methyl sites for hydroxylation is 1. The molecule has 2 aromatic rings. The standard InChI is InChI=1S/C23H34N4O3.BF4/c1-7-17(2)20(25-22(29)30-23(3,4)5)21(28)24-14-18-8-10-19(11-9-18)15-27-13-12-26(6)16-27;2-1(3,4)5/h8-13,16-17,20H,7,14-15H2,1-6H3,(H-,24,25,28,29);/q;-1/p+1/t17-,20-;/m0./s1. The minimum absolute atomic E-state index is 0.0113. The van der Waals surface area contributed by atoms with Crippen LogP contribution in [0.1, 0.15) is 52.2 Å². The molecule has 0 fully saturated rings. The Morgan fingerprint density at radius 3 is 2.11 bits per heavy atom. The van der Waals surface area contributed by atoms with Crippen molar-refractivity contribution in [3.05, 3.63) is 54.1 Å². The molecule has 2 atom stereocenters. The van der Waals surface area contributed by atoms with Crippen LogP contribution in [0.4, 0.5) is 22.1 Å². The highest BCUT2D eigenvalue weighted by atomic mass is 19.5. The number of carbonyl (C=O) groups excluding carboxylic acids is 2. The highest BCUT2D eigenvalue weighted by molar-refractivity contribution is 6.50. The fourth-order valence-electron chi connectivity index (χ4n) is 3.00. The highest BCUT2D eigenvalue weighted by Gasteiger charge is 2.28. The lowest BCUT2D eigenvalue weighted by Crippen LogP contribution is -2.51. The number of amides is 2. The highest BCUT2D eigenvalue weighted by Crippen LogP contribution is 2.12. The van der Waals surface area contributed by atoms with E-state index in [0.29, 0.717) is 6.54 Å². The topological polar surface area (TPSA) is 76.2 Å². The maximum Gasteiger partial charge on any atom is 0.673 e. The largest absolute Gasteiger partial charge is 0.673 e. The number of benzene rings is 1. The average Bonchev–Trinajstić information content (AvgIpc) is 3.12. The minimum Gasteiger partial charge on any atom is -0.444 e. The van der Waals surface area contributed by atoms with Gasteiger partial charge in [-0.2, -0.15) is 0 Å². The molecule has 1 aromatic heterocycles. The van der Waals surface area contributed by atoms with Gasteiger partial charge in [-0.3, -0.25) is 4.79 Å². The van der Waals surface area contributed by atoms with Crippen molar-refractivity contribution in [2.24, 2.45) is 13.0 Å². The molecule has 0 aliphatic heterocycles. The molecular formula is C23H35BF4N4O3. The van der Waals surface area contributed by atoms with Gasteiger partial charge in [0, 0.05) is 6.54 Å². The van der Waals surface area contributed by atoms with E-state index in [1.165, 1.54) is 5.56 Å². The average molecular weight is 502 g/mol. The van der Waals surface area contributed by atoms with E-state index in [1.54, 1.807) is 20.8 Å². The molecule has 2 amide bonds. The van der Waals surface area contributed by atoms with Crippen LogP contribution in [-0.2, 0) is 29.7 Å². The van der Waals surface area contributed by atoms with E-state index >= 15 is 0 Å². The van der Waals surface area contributed by atoms with Crippen molar-refractivity contribution in [2.45, 2.75) is 65.8 Å². The number of nitrogens with zero attached hydrogens (tertiary/aromatic N) is 2. The summed E-state index contributed by atoms with van der Waals surface area (Å²) in [6.07, 6.45) is 6.25. The predicted octanol–water partition coefficient (Wildman–Crippen LogP) is 4.22. The van der Waals surface area contributed by atoms with Crippen LogP contribution < -0.4 is 15.2 Å². The molecule has 2 rings (SSSR count). The summed E-state index contributed by atoms with van der Waals surface area (Å²) < 4.78 is 48.4. The second kappa shape index (κ2) is 13.2. The number of aromatic nitrogens is 2. The van der Waals surface area contributed by atoms with Crippen molar-refractivity contribution < 1.29 is 36.2 Å². The molecule has 2 N–H and O–H groups in total. The van der Waals surface area contributed by atoms with Crippen LogP contribution in [-0.4, -0.2) is 35.5 Å². The van der Waals surface area contributed by atoms with Crippen LogP contribution >= 0.6 is 0 Å². The van der Waals surface area contributed by atoms with Crippen LogP contribution in [0.15, 0.2) is 43.0 Å². The van der Waals surface area contributed by atoms with Crippen molar-refractivity contribution in [2.75, 3.05) is 0 Å². The number of nitrogens with one attached hydrogen (secondary N) is 2. The fraction of sp³-hybridized carbons (Fsp3) is 0.522. The molecule has 0 spiro atoms. The van der Waals surface area contributed by atoms with Crippen molar-refractivity contribution >= 4 is 19.3 Å². The molecule has 7 nitrogen and oxygen atoms in total. The molecule has 0 bridgehead atoms. The monoisotopic (exact) mass is 502 g/mol. The molecular weight excluding hydrogens is 467 g/mol. The number of rotatable bonds is 8. The number of ether oxygens (including phenoxy) is 1. The second-order valence-electron chi connectivity index (χ2n) is 9.29. The lowest BCUT2D eigenvalue weighted by atomic mass is 9.98. The summed E-state index contributed by atoms with van der Waals surface area (Å²) in [4.78, 5) is 24.9. The quantitative estimate of drug-likeness (QED) is 0.323. The van der Waals surface area contributed by atoms with Crippen LogP contribution in [0.3, 0.4) is 0 Å². The van der Waals surface area contributed by atoms with Gasteiger partial charge in [0.1, 0.15) is 30.6 Å². The molecule has 0 aliphatic rings. The first-order valence-electron chi connectivity index (χ1n) is 11.3. The molecule has 35 heavy (non-hydrogen) atoms. The number of alkyl carbamates (subject to hydrolysis) is 1. The molecule has 1 aromatic carbocycles. The van der Waals surface area contributed by atoms with Crippen LogP contribution in [0.25, 0.3) is 0 Å². The van der Waals surface area contributed by atoms with Gasteiger partial charge in [0.2, 0.25) is 12.2 Å². The summed E-state index contributed by atoms with van der Waals surface area (Å²) in [5.74, 6) is -0.220. The normalized spacial score (nSPS) is 13.2. The zero-order chi connectivity index (χ0) is 26.8. The van der Waals surface area contributed by atoms with E-state index in [9.17, 15) is 26.9 Å². The summed E-state index contributed by atoms with van der Waals surface area (Å²) in [5.41, 5.74) is 1.58. The summed E-state index contributed by atoms with van der Waals surface area (Å²) in [6, 6.07) is 7.51. The van der Waals surface area contributed by atoms with Gasteiger partial charge in [-0.05, 0) is 37.8 Å². The summed E-state index contributed by atoms with van der Waals surface area (Å²) in [6.45, 7) is 10.5. The third-order valence-corrected chi connectivity index (χ3v) is 4.85. The van der Waals surface area contributed by atoms with Crippen molar-refractivity contribution in [3.8, 4) is 0 Å². The maximum atomic E-state index is 12.7. The van der Waals surface area contributed by atoms with Crippen LogP contribution in [0, 0.1) is 5.92 Å². The van der Waals surface area contributed by atoms with E-state index in [0.717, 1.165) is 18.5 Å². The van der Waals surface area contributed by atoms with Gasteiger partial charge in [-0.1, -0.05) is 44.5 Å². The molecule has 0 radical (unpaired) electrons. The van der Waals surface area contributed by atoms with E-state index < -0.39 is 25.0 Å². The number of imidazole rings is 1. The first-order chi connectivity index (χ1) is 16.1. The Morgan fingerprint density at radius 1 is 1.11 bits per heavy atom. The number of hydrogen-bond acceptors (Lipinski definition) is 3. The fourth-order valence-corrected chi connectivity index (χ4v) is 3.00. The van der Waals surface area contributed by atoms with Gasteiger partial charge >= 0.3 is 13.3 Å². The second-order valence-corrected chi connectivity index (χ2v) is 9.29. The smallest absolute Gasteiger partial charge is 0.444 e. The Kier molecular flexibility index (Phi) is 11.3.